The highest BCUT2D eigenvalue weighted by Gasteiger charge is 2.31. The summed E-state index contributed by atoms with van der Waals surface area (Å²) in [5, 5.41) is 3.54. The molecule has 0 saturated heterocycles. The predicted octanol–water partition coefficient (Wildman–Crippen LogP) is 6.50. The minimum absolute atomic E-state index is 0.00260. The van der Waals surface area contributed by atoms with Crippen LogP contribution in [0, 0.1) is 0 Å². The van der Waals surface area contributed by atoms with Crippen molar-refractivity contribution in [1.29, 1.82) is 0 Å². The van der Waals surface area contributed by atoms with Gasteiger partial charge in [-0.05, 0) is 77.9 Å². The number of benzene rings is 2. The Bertz CT molecular complexity index is 1010. The number of carbonyl (C=O) groups excluding carboxylic acids is 2. The molecule has 0 radical (unpaired) electrons. The van der Waals surface area contributed by atoms with Crippen LogP contribution in [0.15, 0.2) is 46.9 Å². The van der Waals surface area contributed by atoms with E-state index in [4.69, 9.17) is 16.3 Å². The summed E-state index contributed by atoms with van der Waals surface area (Å²) in [7, 11) is 0. The van der Waals surface area contributed by atoms with E-state index in [0.717, 1.165) is 15.6 Å². The standard InChI is InChI=1S/C27H36BrClN2O3/c1-8-22(25(33)30-27(5,6)7)31(16-18-11-9-10-12-21(18)29)24(32)17-34-23-14-13-19(15-20(23)28)26(2,3)4/h9-15,22H,8,16-17H2,1-7H3,(H,30,33)/t22-/m1/s1. The number of nitrogens with zero attached hydrogens (tertiary/aromatic N) is 1. The molecule has 1 N–H and O–H groups in total. The zero-order valence-corrected chi connectivity index (χ0v) is 23.5. The van der Waals surface area contributed by atoms with E-state index in [1.807, 2.05) is 64.1 Å². The first-order valence-corrected chi connectivity index (χ1v) is 12.7. The Kier molecular flexibility index (Phi) is 9.61. The second-order valence-electron chi connectivity index (χ2n) is 10.5. The molecule has 0 unspecified atom stereocenters. The molecule has 2 amide bonds. The molecule has 0 bridgehead atoms. The van der Waals surface area contributed by atoms with E-state index in [1.54, 1.807) is 11.0 Å². The molecule has 5 nitrogen and oxygen atoms in total. The number of nitrogens with one attached hydrogen (secondary N) is 1. The van der Waals surface area contributed by atoms with Gasteiger partial charge in [0.05, 0.1) is 4.47 Å². The van der Waals surface area contributed by atoms with E-state index in [0.29, 0.717) is 17.2 Å². The number of halogens is 2. The van der Waals surface area contributed by atoms with Crippen LogP contribution in [0.1, 0.15) is 66.0 Å². The Morgan fingerprint density at radius 3 is 2.26 bits per heavy atom. The summed E-state index contributed by atoms with van der Waals surface area (Å²) >= 11 is 9.93. The fraction of sp³-hybridized carbons (Fsp3) is 0.481. The monoisotopic (exact) mass is 550 g/mol. The van der Waals surface area contributed by atoms with Crippen LogP contribution in [0.25, 0.3) is 0 Å². The molecule has 34 heavy (non-hydrogen) atoms. The van der Waals surface area contributed by atoms with Gasteiger partial charge in [-0.15, -0.1) is 0 Å². The average Bonchev–Trinajstić information content (AvgIpc) is 2.71. The molecule has 0 aromatic heterocycles. The first-order chi connectivity index (χ1) is 15.7. The highest BCUT2D eigenvalue weighted by Crippen LogP contribution is 2.31. The fourth-order valence-corrected chi connectivity index (χ4v) is 4.18. The van der Waals surface area contributed by atoms with Gasteiger partial charge in [-0.1, -0.05) is 63.6 Å². The van der Waals surface area contributed by atoms with Gasteiger partial charge in [-0.2, -0.15) is 0 Å². The van der Waals surface area contributed by atoms with Crippen molar-refractivity contribution in [2.75, 3.05) is 6.61 Å². The normalized spacial score (nSPS) is 12.7. The maximum atomic E-state index is 13.4. The van der Waals surface area contributed by atoms with Crippen LogP contribution >= 0.6 is 27.5 Å². The molecule has 2 aromatic carbocycles. The summed E-state index contributed by atoms with van der Waals surface area (Å²) in [6.45, 7) is 14.1. The Balaban J connectivity index is 2.28. The second kappa shape index (κ2) is 11.6. The summed E-state index contributed by atoms with van der Waals surface area (Å²) in [4.78, 5) is 28.0. The number of ether oxygens (including phenoxy) is 1. The topological polar surface area (TPSA) is 58.6 Å². The van der Waals surface area contributed by atoms with Gasteiger partial charge in [0.15, 0.2) is 6.61 Å². The summed E-state index contributed by atoms with van der Waals surface area (Å²) in [6, 6.07) is 12.6. The third kappa shape index (κ3) is 8.02. The van der Waals surface area contributed by atoms with Crippen molar-refractivity contribution in [2.24, 2.45) is 0 Å². The lowest BCUT2D eigenvalue weighted by atomic mass is 9.87. The molecule has 0 heterocycles. The summed E-state index contributed by atoms with van der Waals surface area (Å²) in [5.74, 6) is 0.0833. The van der Waals surface area contributed by atoms with Crippen LogP contribution in [0.2, 0.25) is 5.02 Å². The van der Waals surface area contributed by atoms with Crippen LogP contribution in [-0.2, 0) is 21.5 Å². The third-order valence-corrected chi connectivity index (χ3v) is 6.32. The van der Waals surface area contributed by atoms with Gasteiger partial charge in [0.25, 0.3) is 5.91 Å². The lowest BCUT2D eigenvalue weighted by Crippen LogP contribution is -2.54. The summed E-state index contributed by atoms with van der Waals surface area (Å²) < 4.78 is 6.67. The zero-order valence-electron chi connectivity index (χ0n) is 21.2. The number of rotatable bonds is 8. The van der Waals surface area contributed by atoms with E-state index >= 15 is 0 Å². The molecule has 7 heteroatoms. The molecule has 2 aromatic rings. The highest BCUT2D eigenvalue weighted by atomic mass is 79.9. The largest absolute Gasteiger partial charge is 0.483 e. The molecule has 1 atom stereocenters. The van der Waals surface area contributed by atoms with Gasteiger partial charge in [0.2, 0.25) is 5.91 Å². The van der Waals surface area contributed by atoms with Gasteiger partial charge in [0.1, 0.15) is 11.8 Å². The minimum Gasteiger partial charge on any atom is -0.483 e. The first-order valence-electron chi connectivity index (χ1n) is 11.5. The SMILES string of the molecule is CC[C@H](C(=O)NC(C)(C)C)N(Cc1ccccc1Cl)C(=O)COc1ccc(C(C)(C)C)cc1Br. The predicted molar refractivity (Wildman–Crippen MR) is 142 cm³/mol. The molecular weight excluding hydrogens is 516 g/mol. The third-order valence-electron chi connectivity index (χ3n) is 5.33. The van der Waals surface area contributed by atoms with E-state index in [1.165, 1.54) is 0 Å². The molecule has 0 aliphatic heterocycles. The second-order valence-corrected chi connectivity index (χ2v) is 11.7. The van der Waals surface area contributed by atoms with E-state index in [2.05, 4.69) is 42.0 Å². The van der Waals surface area contributed by atoms with Crippen molar-refractivity contribution in [2.45, 2.75) is 78.4 Å². The van der Waals surface area contributed by atoms with Crippen LogP contribution in [0.3, 0.4) is 0 Å². The molecular formula is C27H36BrClN2O3. The number of hydrogen-bond donors (Lipinski definition) is 1. The summed E-state index contributed by atoms with van der Waals surface area (Å²) in [6.07, 6.45) is 0.460. The highest BCUT2D eigenvalue weighted by molar-refractivity contribution is 9.10. The van der Waals surface area contributed by atoms with Gasteiger partial charge >= 0.3 is 0 Å². The molecule has 0 aliphatic rings. The van der Waals surface area contributed by atoms with Gasteiger partial charge < -0.3 is 15.0 Å². The molecule has 0 aliphatic carbocycles. The number of carbonyl (C=O) groups is 2. The van der Waals surface area contributed by atoms with Crippen molar-refractivity contribution in [3.8, 4) is 5.75 Å². The van der Waals surface area contributed by atoms with Crippen molar-refractivity contribution in [1.82, 2.24) is 10.2 Å². The lowest BCUT2D eigenvalue weighted by Gasteiger charge is -2.33. The van der Waals surface area contributed by atoms with Gasteiger partial charge in [0, 0.05) is 17.1 Å². The number of hydrogen-bond acceptors (Lipinski definition) is 3. The van der Waals surface area contributed by atoms with Crippen LogP contribution < -0.4 is 10.1 Å². The average molecular weight is 552 g/mol. The molecule has 186 valence electrons. The van der Waals surface area contributed by atoms with Crippen LogP contribution in [0.4, 0.5) is 0 Å². The maximum absolute atomic E-state index is 13.4. The van der Waals surface area contributed by atoms with E-state index in [-0.39, 0.29) is 30.4 Å². The fourth-order valence-electron chi connectivity index (χ4n) is 3.49. The lowest BCUT2D eigenvalue weighted by molar-refractivity contribution is -0.143. The molecule has 0 spiro atoms. The van der Waals surface area contributed by atoms with Crippen molar-refractivity contribution < 1.29 is 14.3 Å². The first kappa shape index (κ1) is 28.2. The Labute approximate surface area is 217 Å². The van der Waals surface area contributed by atoms with Gasteiger partial charge in [-0.3, -0.25) is 9.59 Å². The van der Waals surface area contributed by atoms with Crippen molar-refractivity contribution >= 4 is 39.3 Å². The van der Waals surface area contributed by atoms with E-state index < -0.39 is 11.6 Å². The van der Waals surface area contributed by atoms with Crippen LogP contribution in [0.5, 0.6) is 5.75 Å². The zero-order chi connectivity index (χ0) is 25.7. The number of amides is 2. The summed E-state index contributed by atoms with van der Waals surface area (Å²) in [5.41, 5.74) is 1.51. The van der Waals surface area contributed by atoms with Crippen molar-refractivity contribution in [3.63, 3.8) is 0 Å². The Hall–Kier alpha value is -2.05. The van der Waals surface area contributed by atoms with Crippen LogP contribution in [-0.4, -0.2) is 34.9 Å². The quantitative estimate of drug-likeness (QED) is 0.407. The Morgan fingerprint density at radius 1 is 1.09 bits per heavy atom. The minimum atomic E-state index is -0.654. The maximum Gasteiger partial charge on any atom is 0.261 e. The van der Waals surface area contributed by atoms with Gasteiger partial charge in [-0.25, -0.2) is 0 Å². The van der Waals surface area contributed by atoms with E-state index in [9.17, 15) is 9.59 Å². The molecule has 0 saturated carbocycles. The Morgan fingerprint density at radius 2 is 1.74 bits per heavy atom. The molecule has 0 fully saturated rings. The molecule has 2 rings (SSSR count). The van der Waals surface area contributed by atoms with Crippen molar-refractivity contribution in [3.05, 3.63) is 63.1 Å². The smallest absolute Gasteiger partial charge is 0.261 e.